The van der Waals surface area contributed by atoms with Crippen molar-refractivity contribution in [2.75, 3.05) is 7.11 Å². The Kier molecular flexibility index (Phi) is 6.91. The van der Waals surface area contributed by atoms with E-state index in [0.29, 0.717) is 6.10 Å². The Morgan fingerprint density at radius 1 is 1.06 bits per heavy atom. The molecule has 1 rings (SSSR count). The summed E-state index contributed by atoms with van der Waals surface area (Å²) in [5, 5.41) is 0. The summed E-state index contributed by atoms with van der Waals surface area (Å²) >= 11 is 0. The van der Waals surface area contributed by atoms with E-state index in [2.05, 4.69) is 37.3 Å². The van der Waals surface area contributed by atoms with E-state index in [1.807, 2.05) is 7.11 Å². The molecule has 0 heterocycles. The minimum atomic E-state index is 0.388. The Bertz CT molecular complexity index is 255. The van der Waals surface area contributed by atoms with E-state index in [4.69, 9.17) is 4.74 Å². The zero-order chi connectivity index (χ0) is 11.6. The first-order valence-corrected chi connectivity index (χ1v) is 6.43. The molecule has 0 radical (unpaired) electrons. The molecule has 0 aliphatic heterocycles. The van der Waals surface area contributed by atoms with Crippen LogP contribution in [0.3, 0.4) is 0 Å². The first kappa shape index (κ1) is 13.2. The topological polar surface area (TPSA) is 9.23 Å². The van der Waals surface area contributed by atoms with E-state index in [1.54, 1.807) is 0 Å². The molecule has 0 aliphatic rings. The Morgan fingerprint density at radius 3 is 2.44 bits per heavy atom. The fourth-order valence-corrected chi connectivity index (χ4v) is 1.98. The van der Waals surface area contributed by atoms with Crippen LogP contribution < -0.4 is 0 Å². The molecule has 1 atom stereocenters. The number of ether oxygens (including phenoxy) is 1. The van der Waals surface area contributed by atoms with Crippen molar-refractivity contribution in [3.63, 3.8) is 0 Å². The van der Waals surface area contributed by atoms with Crippen molar-refractivity contribution >= 4 is 0 Å². The van der Waals surface area contributed by atoms with E-state index < -0.39 is 0 Å². The number of hydrogen-bond acceptors (Lipinski definition) is 1. The second-order valence-electron chi connectivity index (χ2n) is 4.40. The molecule has 1 aromatic rings. The molecule has 1 heteroatoms. The summed E-state index contributed by atoms with van der Waals surface area (Å²) in [5.41, 5.74) is 1.38. The van der Waals surface area contributed by atoms with Crippen molar-refractivity contribution in [2.45, 2.75) is 51.6 Å². The molecule has 0 fully saturated rings. The van der Waals surface area contributed by atoms with Gasteiger partial charge in [-0.15, -0.1) is 0 Å². The van der Waals surface area contributed by atoms with Crippen molar-refractivity contribution in [3.05, 3.63) is 35.9 Å². The lowest BCUT2D eigenvalue weighted by Gasteiger charge is -2.15. The highest BCUT2D eigenvalue weighted by Gasteiger charge is 2.07. The monoisotopic (exact) mass is 220 g/mol. The largest absolute Gasteiger partial charge is 0.381 e. The lowest BCUT2D eigenvalue weighted by atomic mass is 10.0. The Balaban J connectivity index is 2.26. The molecule has 90 valence electrons. The first-order valence-electron chi connectivity index (χ1n) is 6.43. The average Bonchev–Trinajstić information content (AvgIpc) is 2.34. The van der Waals surface area contributed by atoms with Crippen molar-refractivity contribution < 1.29 is 4.74 Å². The highest BCUT2D eigenvalue weighted by atomic mass is 16.5. The maximum atomic E-state index is 5.53. The molecule has 0 N–H and O–H groups in total. The lowest BCUT2D eigenvalue weighted by Crippen LogP contribution is -2.13. The zero-order valence-electron chi connectivity index (χ0n) is 10.6. The quantitative estimate of drug-likeness (QED) is 0.596. The molecule has 1 nitrogen and oxygen atoms in total. The minimum Gasteiger partial charge on any atom is -0.381 e. The van der Waals surface area contributed by atoms with Gasteiger partial charge in [0.2, 0.25) is 0 Å². The summed E-state index contributed by atoms with van der Waals surface area (Å²) in [5.74, 6) is 0. The summed E-state index contributed by atoms with van der Waals surface area (Å²) in [6, 6.07) is 10.6. The molecule has 1 unspecified atom stereocenters. The van der Waals surface area contributed by atoms with Gasteiger partial charge in [0.15, 0.2) is 0 Å². The predicted molar refractivity (Wildman–Crippen MR) is 69.7 cm³/mol. The van der Waals surface area contributed by atoms with E-state index in [0.717, 1.165) is 6.42 Å². The predicted octanol–water partition coefficient (Wildman–Crippen LogP) is 4.21. The number of rotatable bonds is 8. The third-order valence-electron chi connectivity index (χ3n) is 3.02. The van der Waals surface area contributed by atoms with Gasteiger partial charge in [-0.1, -0.05) is 62.9 Å². The first-order chi connectivity index (χ1) is 7.86. The van der Waals surface area contributed by atoms with Crippen LogP contribution in [0.5, 0.6) is 0 Å². The fourth-order valence-electron chi connectivity index (χ4n) is 1.98. The fraction of sp³-hybridized carbons (Fsp3) is 0.600. The smallest absolute Gasteiger partial charge is 0.0611 e. The molecule has 0 bridgehead atoms. The molecule has 0 spiro atoms. The molecular weight excluding hydrogens is 196 g/mol. The van der Waals surface area contributed by atoms with Crippen LogP contribution in [0.15, 0.2) is 30.3 Å². The second kappa shape index (κ2) is 8.35. The van der Waals surface area contributed by atoms with E-state index in [9.17, 15) is 0 Å². The van der Waals surface area contributed by atoms with Crippen molar-refractivity contribution in [1.82, 2.24) is 0 Å². The lowest BCUT2D eigenvalue weighted by molar-refractivity contribution is 0.0931. The van der Waals surface area contributed by atoms with Crippen LogP contribution in [0, 0.1) is 0 Å². The normalized spacial score (nSPS) is 12.6. The molecule has 0 saturated carbocycles. The Labute approximate surface area is 99.8 Å². The van der Waals surface area contributed by atoms with Gasteiger partial charge in [-0.2, -0.15) is 0 Å². The van der Waals surface area contributed by atoms with Gasteiger partial charge >= 0.3 is 0 Å². The van der Waals surface area contributed by atoms with Crippen LogP contribution >= 0.6 is 0 Å². The zero-order valence-corrected chi connectivity index (χ0v) is 10.6. The highest BCUT2D eigenvalue weighted by Crippen LogP contribution is 2.12. The van der Waals surface area contributed by atoms with Crippen LogP contribution in [-0.4, -0.2) is 13.2 Å². The summed E-state index contributed by atoms with van der Waals surface area (Å²) in [6.45, 7) is 2.25. The van der Waals surface area contributed by atoms with Gasteiger partial charge in [-0.25, -0.2) is 0 Å². The van der Waals surface area contributed by atoms with Crippen LogP contribution in [0.4, 0.5) is 0 Å². The van der Waals surface area contributed by atoms with Gasteiger partial charge in [0.05, 0.1) is 6.10 Å². The van der Waals surface area contributed by atoms with E-state index in [-0.39, 0.29) is 0 Å². The Hall–Kier alpha value is -0.820. The maximum Gasteiger partial charge on any atom is 0.0611 e. The minimum absolute atomic E-state index is 0.388. The third kappa shape index (κ3) is 5.32. The number of methoxy groups -OCH3 is 1. The summed E-state index contributed by atoms with van der Waals surface area (Å²) in [4.78, 5) is 0. The molecule has 16 heavy (non-hydrogen) atoms. The highest BCUT2D eigenvalue weighted by molar-refractivity contribution is 5.15. The molecule has 0 aliphatic carbocycles. The van der Waals surface area contributed by atoms with Crippen LogP contribution in [0.2, 0.25) is 0 Å². The number of hydrogen-bond donors (Lipinski definition) is 0. The third-order valence-corrected chi connectivity index (χ3v) is 3.02. The second-order valence-corrected chi connectivity index (χ2v) is 4.40. The van der Waals surface area contributed by atoms with Crippen LogP contribution in [0.1, 0.15) is 44.6 Å². The van der Waals surface area contributed by atoms with Gasteiger partial charge in [0, 0.05) is 7.11 Å². The van der Waals surface area contributed by atoms with Crippen molar-refractivity contribution in [1.29, 1.82) is 0 Å². The molecule has 0 saturated heterocycles. The summed E-state index contributed by atoms with van der Waals surface area (Å²) < 4.78 is 5.53. The van der Waals surface area contributed by atoms with Crippen LogP contribution in [0.25, 0.3) is 0 Å². The SMILES string of the molecule is CCCCCCC(Cc1ccccc1)OC. The van der Waals surface area contributed by atoms with Gasteiger partial charge in [0.1, 0.15) is 0 Å². The number of benzene rings is 1. The molecule has 0 amide bonds. The average molecular weight is 220 g/mol. The van der Waals surface area contributed by atoms with Gasteiger partial charge in [-0.05, 0) is 18.4 Å². The molecule has 1 aromatic carbocycles. The maximum absolute atomic E-state index is 5.53. The van der Waals surface area contributed by atoms with Gasteiger partial charge in [0.25, 0.3) is 0 Å². The summed E-state index contributed by atoms with van der Waals surface area (Å²) in [6.07, 6.45) is 7.90. The summed E-state index contributed by atoms with van der Waals surface area (Å²) in [7, 11) is 1.83. The van der Waals surface area contributed by atoms with Crippen molar-refractivity contribution in [3.8, 4) is 0 Å². The van der Waals surface area contributed by atoms with Crippen LogP contribution in [-0.2, 0) is 11.2 Å². The molecule has 0 aromatic heterocycles. The van der Waals surface area contributed by atoms with Gasteiger partial charge in [-0.3, -0.25) is 0 Å². The van der Waals surface area contributed by atoms with Gasteiger partial charge < -0.3 is 4.74 Å². The van der Waals surface area contributed by atoms with E-state index >= 15 is 0 Å². The molecular formula is C15H24O. The number of unbranched alkanes of at least 4 members (excludes halogenated alkanes) is 3. The standard InChI is InChI=1S/C15H24O/c1-3-4-5-9-12-15(16-2)13-14-10-7-6-8-11-14/h6-8,10-11,15H,3-5,9,12-13H2,1-2H3. The Morgan fingerprint density at radius 2 is 1.81 bits per heavy atom. The van der Waals surface area contributed by atoms with Crippen molar-refractivity contribution in [2.24, 2.45) is 0 Å². The van der Waals surface area contributed by atoms with E-state index in [1.165, 1.54) is 37.7 Å².